The van der Waals surface area contributed by atoms with Crippen molar-refractivity contribution < 1.29 is 23.3 Å². The number of aromatic nitrogens is 1. The molecule has 0 radical (unpaired) electrons. The monoisotopic (exact) mass is 372 g/mol. The van der Waals surface area contributed by atoms with Crippen LogP contribution in [0.1, 0.15) is 11.1 Å². The Bertz CT molecular complexity index is 863. The number of hydrogen-bond donors (Lipinski definition) is 0. The molecule has 1 aromatic carbocycles. The second-order valence-corrected chi connectivity index (χ2v) is 5.80. The van der Waals surface area contributed by atoms with Crippen LogP contribution in [-0.2, 0) is 15.9 Å². The van der Waals surface area contributed by atoms with Crippen LogP contribution in [0.25, 0.3) is 5.57 Å². The fraction of sp³-hybridized carbons (Fsp3) is 0.350. The Labute approximate surface area is 157 Å². The van der Waals surface area contributed by atoms with Crippen LogP contribution in [0.15, 0.2) is 35.5 Å². The lowest BCUT2D eigenvalue weighted by atomic mass is 10.00. The van der Waals surface area contributed by atoms with E-state index in [4.69, 9.17) is 18.9 Å². The zero-order valence-electron chi connectivity index (χ0n) is 15.3. The Morgan fingerprint density at radius 2 is 1.93 bits per heavy atom. The van der Waals surface area contributed by atoms with E-state index < -0.39 is 0 Å². The molecular weight excluding hydrogens is 351 g/mol. The third-order valence-electron chi connectivity index (χ3n) is 4.03. The van der Waals surface area contributed by atoms with E-state index in [1.165, 1.54) is 13.2 Å². The number of halogens is 1. The SMILES string of the molecule is COCCOCCOc1cc(F)c(CC2=C=Nc3ncccc32)cc1OC. The lowest BCUT2D eigenvalue weighted by Gasteiger charge is -2.13. The van der Waals surface area contributed by atoms with Gasteiger partial charge in [-0.25, -0.2) is 9.37 Å². The minimum Gasteiger partial charge on any atom is -0.493 e. The van der Waals surface area contributed by atoms with Crippen LogP contribution in [0, 0.1) is 5.82 Å². The predicted octanol–water partition coefficient (Wildman–Crippen LogP) is 3.21. The fourth-order valence-electron chi connectivity index (χ4n) is 2.67. The number of ether oxygens (including phenoxy) is 4. The zero-order chi connectivity index (χ0) is 19.1. The zero-order valence-corrected chi connectivity index (χ0v) is 15.3. The highest BCUT2D eigenvalue weighted by Gasteiger charge is 2.18. The van der Waals surface area contributed by atoms with Crippen LogP contribution in [0.3, 0.4) is 0 Å². The molecule has 142 valence electrons. The van der Waals surface area contributed by atoms with Crippen molar-refractivity contribution in [1.29, 1.82) is 0 Å². The van der Waals surface area contributed by atoms with Gasteiger partial charge in [0, 0.05) is 36.9 Å². The number of benzene rings is 1. The van der Waals surface area contributed by atoms with Gasteiger partial charge in [-0.15, -0.1) is 0 Å². The van der Waals surface area contributed by atoms with Gasteiger partial charge < -0.3 is 18.9 Å². The van der Waals surface area contributed by atoms with Gasteiger partial charge in [0.25, 0.3) is 0 Å². The molecule has 0 spiro atoms. The fourth-order valence-corrected chi connectivity index (χ4v) is 2.67. The summed E-state index contributed by atoms with van der Waals surface area (Å²) in [5, 5.41) is 0. The van der Waals surface area contributed by atoms with E-state index in [9.17, 15) is 4.39 Å². The smallest absolute Gasteiger partial charge is 0.169 e. The highest BCUT2D eigenvalue weighted by Crippen LogP contribution is 2.34. The van der Waals surface area contributed by atoms with E-state index in [0.29, 0.717) is 49.1 Å². The Kier molecular flexibility index (Phi) is 6.54. The minimum atomic E-state index is -0.377. The van der Waals surface area contributed by atoms with Crippen LogP contribution >= 0.6 is 0 Å². The number of methoxy groups -OCH3 is 2. The summed E-state index contributed by atoms with van der Waals surface area (Å²) < 4.78 is 35.8. The van der Waals surface area contributed by atoms with Gasteiger partial charge in [-0.3, -0.25) is 0 Å². The minimum absolute atomic E-state index is 0.287. The molecule has 7 heteroatoms. The predicted molar refractivity (Wildman–Crippen MR) is 99.6 cm³/mol. The molecule has 2 heterocycles. The number of pyridine rings is 1. The molecule has 27 heavy (non-hydrogen) atoms. The highest BCUT2D eigenvalue weighted by molar-refractivity contribution is 5.98. The number of rotatable bonds is 10. The summed E-state index contributed by atoms with van der Waals surface area (Å²) in [5.74, 6) is 3.95. The number of hydrogen-bond acceptors (Lipinski definition) is 6. The molecular formula is C20H21FN2O4. The van der Waals surface area contributed by atoms with Crippen molar-refractivity contribution in [2.75, 3.05) is 40.6 Å². The number of fused-ring (bicyclic) bond motifs is 1. The van der Waals surface area contributed by atoms with Crippen molar-refractivity contribution in [2.45, 2.75) is 6.42 Å². The number of nitrogens with zero attached hydrogens (tertiary/aromatic N) is 2. The van der Waals surface area contributed by atoms with Gasteiger partial charge >= 0.3 is 0 Å². The molecule has 0 fully saturated rings. The van der Waals surface area contributed by atoms with Crippen molar-refractivity contribution in [3.05, 3.63) is 47.4 Å². The molecule has 0 aliphatic carbocycles. The van der Waals surface area contributed by atoms with E-state index in [2.05, 4.69) is 15.8 Å². The quantitative estimate of drug-likeness (QED) is 0.600. The van der Waals surface area contributed by atoms with Gasteiger partial charge in [-0.05, 0) is 29.6 Å². The molecule has 2 aromatic rings. The Balaban J connectivity index is 1.67. The van der Waals surface area contributed by atoms with Gasteiger partial charge in [0.05, 0.1) is 26.9 Å². The lowest BCUT2D eigenvalue weighted by molar-refractivity contribution is 0.0539. The largest absolute Gasteiger partial charge is 0.493 e. The van der Waals surface area contributed by atoms with E-state index >= 15 is 0 Å². The van der Waals surface area contributed by atoms with Crippen LogP contribution in [0.2, 0.25) is 0 Å². The third kappa shape index (κ3) is 4.71. The van der Waals surface area contributed by atoms with Crippen LogP contribution in [0.4, 0.5) is 10.2 Å². The van der Waals surface area contributed by atoms with Gasteiger partial charge in [-0.1, -0.05) is 0 Å². The summed E-state index contributed by atoms with van der Waals surface area (Å²) in [6.07, 6.45) is 2.01. The van der Waals surface area contributed by atoms with Crippen molar-refractivity contribution in [1.82, 2.24) is 4.98 Å². The summed E-state index contributed by atoms with van der Waals surface area (Å²) in [5.41, 5.74) is 2.13. The Morgan fingerprint density at radius 1 is 1.07 bits per heavy atom. The topological polar surface area (TPSA) is 62.2 Å². The summed E-state index contributed by atoms with van der Waals surface area (Å²) >= 11 is 0. The van der Waals surface area contributed by atoms with Crippen LogP contribution in [0.5, 0.6) is 11.5 Å². The third-order valence-corrected chi connectivity index (χ3v) is 4.03. The first-order valence-corrected chi connectivity index (χ1v) is 8.56. The first-order chi connectivity index (χ1) is 13.2. The molecule has 0 bridgehead atoms. The van der Waals surface area contributed by atoms with Crippen molar-refractivity contribution in [3.8, 4) is 11.5 Å². The summed E-state index contributed by atoms with van der Waals surface area (Å²) in [6.45, 7) is 1.67. The normalized spacial score (nSPS) is 12.0. The standard InChI is InChI=1S/C20H21FN2O4/c1-24-6-7-26-8-9-27-19-12-17(21)14(11-18(19)25-2)10-15-13-23-20-16(15)4-3-5-22-20/h3-5,11-12H,6-10H2,1-2H3. The second kappa shape index (κ2) is 9.28. The lowest BCUT2D eigenvalue weighted by Crippen LogP contribution is -2.10. The Hall–Kier alpha value is -2.73. The molecule has 1 aromatic heterocycles. The maximum Gasteiger partial charge on any atom is 0.169 e. The van der Waals surface area contributed by atoms with Crippen molar-refractivity contribution >= 4 is 17.3 Å². The van der Waals surface area contributed by atoms with Gasteiger partial charge in [0.2, 0.25) is 0 Å². The molecule has 0 saturated heterocycles. The molecule has 1 aliphatic heterocycles. The van der Waals surface area contributed by atoms with E-state index in [1.807, 2.05) is 12.1 Å². The average molecular weight is 372 g/mol. The summed E-state index contributed by atoms with van der Waals surface area (Å²) in [4.78, 5) is 8.31. The van der Waals surface area contributed by atoms with Gasteiger partial charge in [-0.2, -0.15) is 4.99 Å². The molecule has 6 nitrogen and oxygen atoms in total. The maximum atomic E-state index is 14.6. The van der Waals surface area contributed by atoms with E-state index in [0.717, 1.165) is 11.1 Å². The summed E-state index contributed by atoms with van der Waals surface area (Å²) in [6, 6.07) is 6.70. The maximum absolute atomic E-state index is 14.6. The van der Waals surface area contributed by atoms with Gasteiger partial charge in [0.15, 0.2) is 17.3 Å². The molecule has 0 amide bonds. The van der Waals surface area contributed by atoms with Crippen molar-refractivity contribution in [3.63, 3.8) is 0 Å². The average Bonchev–Trinajstić information content (AvgIpc) is 3.09. The van der Waals surface area contributed by atoms with E-state index in [-0.39, 0.29) is 12.4 Å². The summed E-state index contributed by atoms with van der Waals surface area (Å²) in [7, 11) is 3.13. The number of allylic oxidation sites excluding steroid dienone is 1. The second-order valence-electron chi connectivity index (χ2n) is 5.80. The van der Waals surface area contributed by atoms with Crippen molar-refractivity contribution in [2.24, 2.45) is 4.99 Å². The molecule has 0 unspecified atom stereocenters. The first-order valence-electron chi connectivity index (χ1n) is 8.56. The van der Waals surface area contributed by atoms with Crippen LogP contribution in [-0.4, -0.2) is 51.5 Å². The first kappa shape index (κ1) is 19.0. The molecule has 0 saturated carbocycles. The number of aliphatic imine (C=N–C) groups is 1. The van der Waals surface area contributed by atoms with Gasteiger partial charge in [0.1, 0.15) is 12.4 Å². The molecule has 3 rings (SSSR count). The highest BCUT2D eigenvalue weighted by atomic mass is 19.1. The molecule has 0 N–H and O–H groups in total. The van der Waals surface area contributed by atoms with E-state index in [1.54, 1.807) is 19.4 Å². The Morgan fingerprint density at radius 3 is 2.74 bits per heavy atom. The van der Waals surface area contributed by atoms with Crippen LogP contribution < -0.4 is 9.47 Å². The molecule has 0 atom stereocenters. The molecule has 1 aliphatic rings.